The van der Waals surface area contributed by atoms with Crippen LogP contribution in [0, 0.1) is 34.3 Å². The number of carbonyl (C=O) groups is 3. The number of nitrogens with zero attached hydrogens (tertiary/aromatic N) is 2. The molecule has 0 bridgehead atoms. The highest BCUT2D eigenvalue weighted by Crippen LogP contribution is 2.50. The molecule has 2 N–H and O–H groups in total. The van der Waals surface area contributed by atoms with Gasteiger partial charge < -0.3 is 9.84 Å². The van der Waals surface area contributed by atoms with Crippen LogP contribution in [0.3, 0.4) is 0 Å². The van der Waals surface area contributed by atoms with E-state index in [-0.39, 0.29) is 17.7 Å². The number of aliphatic carboxylic acids is 1. The Hall–Kier alpha value is -4.44. The van der Waals surface area contributed by atoms with E-state index in [9.17, 15) is 42.8 Å². The standard InChI is InChI=1S/C24H18F3N3O7/c1-2-10-29-20(31)17-18(21(29)32)23(22(33)34,12-13-6-8-15(9-7-13)30(35)36)28-19(17)14-4-3-5-16(11-14)37-24(25,26)27/h1,3-9,11,17-19,28H,10,12H2,(H,33,34). The molecule has 0 saturated carbocycles. The minimum atomic E-state index is -4.99. The number of nitrogens with one attached hydrogen (secondary N) is 1. The summed E-state index contributed by atoms with van der Waals surface area (Å²) in [6.45, 7) is -0.415. The van der Waals surface area contributed by atoms with Crippen LogP contribution in [0.4, 0.5) is 18.9 Å². The molecule has 0 radical (unpaired) electrons. The second kappa shape index (κ2) is 9.21. The summed E-state index contributed by atoms with van der Waals surface area (Å²) >= 11 is 0. The first kappa shape index (κ1) is 25.6. The molecule has 10 nitrogen and oxygen atoms in total. The first-order valence-corrected chi connectivity index (χ1v) is 10.8. The molecule has 0 aromatic heterocycles. The number of halogens is 3. The van der Waals surface area contributed by atoms with Gasteiger partial charge in [-0.1, -0.05) is 30.2 Å². The van der Waals surface area contributed by atoms with Gasteiger partial charge in [0.2, 0.25) is 11.8 Å². The number of terminal acetylenes is 1. The van der Waals surface area contributed by atoms with Crippen LogP contribution in [0.1, 0.15) is 17.2 Å². The Labute approximate surface area is 207 Å². The Kier molecular flexibility index (Phi) is 6.39. The third kappa shape index (κ3) is 4.58. The fraction of sp³-hybridized carbons (Fsp3) is 0.292. The lowest BCUT2D eigenvalue weighted by Crippen LogP contribution is -2.57. The molecule has 4 unspecified atom stereocenters. The molecule has 192 valence electrons. The van der Waals surface area contributed by atoms with Gasteiger partial charge in [0.25, 0.3) is 5.69 Å². The molecule has 2 fully saturated rings. The van der Waals surface area contributed by atoms with Crippen molar-refractivity contribution in [2.45, 2.75) is 24.4 Å². The largest absolute Gasteiger partial charge is 0.573 e. The topological polar surface area (TPSA) is 139 Å². The average Bonchev–Trinajstić information content (AvgIpc) is 3.29. The zero-order valence-corrected chi connectivity index (χ0v) is 18.8. The monoisotopic (exact) mass is 517 g/mol. The van der Waals surface area contributed by atoms with Gasteiger partial charge in [-0.05, 0) is 23.3 Å². The van der Waals surface area contributed by atoms with Gasteiger partial charge in [-0.3, -0.25) is 34.7 Å². The zero-order valence-electron chi connectivity index (χ0n) is 18.8. The van der Waals surface area contributed by atoms with Crippen molar-refractivity contribution >= 4 is 23.5 Å². The molecular formula is C24H18F3N3O7. The molecule has 2 amide bonds. The predicted molar refractivity (Wildman–Crippen MR) is 119 cm³/mol. The molecule has 37 heavy (non-hydrogen) atoms. The van der Waals surface area contributed by atoms with Gasteiger partial charge in [0.05, 0.1) is 23.3 Å². The van der Waals surface area contributed by atoms with Crippen molar-refractivity contribution in [2.75, 3.05) is 6.54 Å². The number of carbonyl (C=O) groups excluding carboxylic acids is 2. The number of benzene rings is 2. The average molecular weight is 517 g/mol. The van der Waals surface area contributed by atoms with Gasteiger partial charge in [-0.2, -0.15) is 0 Å². The van der Waals surface area contributed by atoms with Crippen LogP contribution < -0.4 is 10.1 Å². The summed E-state index contributed by atoms with van der Waals surface area (Å²) in [5.74, 6) is -4.26. The molecular weight excluding hydrogens is 499 g/mol. The van der Waals surface area contributed by atoms with Crippen LogP contribution >= 0.6 is 0 Å². The lowest BCUT2D eigenvalue weighted by molar-refractivity contribution is -0.384. The number of hydrogen-bond donors (Lipinski definition) is 2. The second-order valence-electron chi connectivity index (χ2n) is 8.59. The van der Waals surface area contributed by atoms with Gasteiger partial charge in [0.1, 0.15) is 11.3 Å². The molecule has 2 heterocycles. The van der Waals surface area contributed by atoms with E-state index in [1.165, 1.54) is 36.4 Å². The summed E-state index contributed by atoms with van der Waals surface area (Å²) in [5, 5.41) is 24.2. The highest BCUT2D eigenvalue weighted by molar-refractivity contribution is 6.09. The van der Waals surface area contributed by atoms with Crippen LogP contribution in [0.25, 0.3) is 0 Å². The van der Waals surface area contributed by atoms with Gasteiger partial charge >= 0.3 is 12.3 Å². The molecule has 4 atom stereocenters. The highest BCUT2D eigenvalue weighted by atomic mass is 19.4. The van der Waals surface area contributed by atoms with Gasteiger partial charge in [0, 0.05) is 24.6 Å². The van der Waals surface area contributed by atoms with E-state index in [2.05, 4.69) is 16.0 Å². The van der Waals surface area contributed by atoms with Crippen molar-refractivity contribution in [3.63, 3.8) is 0 Å². The molecule has 0 spiro atoms. The molecule has 2 aliphatic heterocycles. The smallest absolute Gasteiger partial charge is 0.480 e. The van der Waals surface area contributed by atoms with Gasteiger partial charge in [-0.15, -0.1) is 19.6 Å². The van der Waals surface area contributed by atoms with Crippen LogP contribution in [0.2, 0.25) is 0 Å². The Morgan fingerprint density at radius 3 is 2.46 bits per heavy atom. The summed E-state index contributed by atoms with van der Waals surface area (Å²) in [4.78, 5) is 50.4. The highest BCUT2D eigenvalue weighted by Gasteiger charge is 2.68. The SMILES string of the molecule is C#CCN1C(=O)C2C(c3cccc(OC(F)(F)F)c3)NC(Cc3ccc([N+](=O)[O-])cc3)(C(=O)O)C2C1=O. The summed E-state index contributed by atoms with van der Waals surface area (Å²) in [6.07, 6.45) is -0.0629. The lowest BCUT2D eigenvalue weighted by Gasteiger charge is -2.31. The summed E-state index contributed by atoms with van der Waals surface area (Å²) in [7, 11) is 0. The number of imide groups is 1. The first-order valence-electron chi connectivity index (χ1n) is 10.8. The first-order chi connectivity index (χ1) is 17.4. The number of alkyl halides is 3. The number of amides is 2. The Balaban J connectivity index is 1.81. The van der Waals surface area contributed by atoms with E-state index >= 15 is 0 Å². The quantitative estimate of drug-likeness (QED) is 0.247. The normalized spacial score (nSPS) is 25.0. The molecule has 4 rings (SSSR count). The van der Waals surface area contributed by atoms with Crippen LogP contribution in [0.15, 0.2) is 48.5 Å². The van der Waals surface area contributed by atoms with E-state index < -0.39 is 64.8 Å². The summed E-state index contributed by atoms with van der Waals surface area (Å²) in [5.41, 5.74) is -1.92. The molecule has 2 aromatic carbocycles. The van der Waals surface area contributed by atoms with Crippen molar-refractivity contribution in [2.24, 2.45) is 11.8 Å². The Morgan fingerprint density at radius 2 is 1.89 bits per heavy atom. The molecule has 2 saturated heterocycles. The fourth-order valence-corrected chi connectivity index (χ4v) is 4.99. The minimum Gasteiger partial charge on any atom is -0.480 e. The predicted octanol–water partition coefficient (Wildman–Crippen LogP) is 2.44. The van der Waals surface area contributed by atoms with E-state index in [1.54, 1.807) is 0 Å². The number of rotatable bonds is 7. The zero-order chi connectivity index (χ0) is 27.1. The van der Waals surface area contributed by atoms with Gasteiger partial charge in [0.15, 0.2) is 0 Å². The minimum absolute atomic E-state index is 0.0901. The van der Waals surface area contributed by atoms with Crippen LogP contribution in [-0.2, 0) is 20.8 Å². The number of nitro benzene ring substituents is 1. The Bertz CT molecular complexity index is 1320. The summed E-state index contributed by atoms with van der Waals surface area (Å²) < 4.78 is 42.3. The molecule has 0 aliphatic carbocycles. The van der Waals surface area contributed by atoms with Crippen molar-refractivity contribution in [1.29, 1.82) is 0 Å². The summed E-state index contributed by atoms with van der Waals surface area (Å²) in [6, 6.07) is 8.46. The number of ether oxygens (including phenoxy) is 1. The maximum atomic E-state index is 13.3. The van der Waals surface area contributed by atoms with Crippen LogP contribution in [-0.4, -0.2) is 51.2 Å². The number of carboxylic acid groups (broad SMARTS) is 1. The molecule has 2 aliphatic rings. The van der Waals surface area contributed by atoms with E-state index in [0.717, 1.165) is 17.0 Å². The molecule has 2 aromatic rings. The van der Waals surface area contributed by atoms with Crippen molar-refractivity contribution < 1.29 is 42.3 Å². The maximum absolute atomic E-state index is 13.3. The van der Waals surface area contributed by atoms with Crippen molar-refractivity contribution in [1.82, 2.24) is 10.2 Å². The number of likely N-dealkylation sites (tertiary alicyclic amines) is 1. The lowest BCUT2D eigenvalue weighted by atomic mass is 9.76. The fourth-order valence-electron chi connectivity index (χ4n) is 4.99. The van der Waals surface area contributed by atoms with Crippen LogP contribution in [0.5, 0.6) is 5.75 Å². The number of fused-ring (bicyclic) bond motifs is 1. The molecule has 13 heteroatoms. The number of hydrogen-bond acceptors (Lipinski definition) is 7. The Morgan fingerprint density at radius 1 is 1.22 bits per heavy atom. The maximum Gasteiger partial charge on any atom is 0.573 e. The third-order valence-electron chi connectivity index (χ3n) is 6.46. The third-order valence-corrected chi connectivity index (χ3v) is 6.46. The van der Waals surface area contributed by atoms with E-state index in [0.29, 0.717) is 5.56 Å². The number of non-ortho nitro benzene ring substituents is 1. The van der Waals surface area contributed by atoms with Crippen molar-refractivity contribution in [3.05, 3.63) is 69.8 Å². The number of carboxylic acids is 1. The number of nitro groups is 1. The van der Waals surface area contributed by atoms with E-state index in [4.69, 9.17) is 6.42 Å². The van der Waals surface area contributed by atoms with Crippen molar-refractivity contribution in [3.8, 4) is 18.1 Å². The second-order valence-corrected chi connectivity index (χ2v) is 8.59. The van der Waals surface area contributed by atoms with Gasteiger partial charge in [-0.25, -0.2) is 0 Å². The van der Waals surface area contributed by atoms with E-state index in [1.807, 2.05) is 0 Å².